The predicted molar refractivity (Wildman–Crippen MR) is 80.4 cm³/mol. The molecule has 1 aliphatic heterocycles. The number of amides is 2. The van der Waals surface area contributed by atoms with Crippen LogP contribution in [-0.2, 0) is 9.59 Å². The summed E-state index contributed by atoms with van der Waals surface area (Å²) in [6, 6.07) is 0. The molecule has 5 heteroatoms. The van der Waals surface area contributed by atoms with Crippen molar-refractivity contribution in [3.63, 3.8) is 0 Å². The third-order valence-electron chi connectivity index (χ3n) is 3.96. The van der Waals surface area contributed by atoms with E-state index in [1.54, 1.807) is 13.8 Å². The highest BCUT2D eigenvalue weighted by molar-refractivity contribution is 6.04. The average molecular weight is 283 g/mol. The van der Waals surface area contributed by atoms with Crippen LogP contribution in [0.15, 0.2) is 0 Å². The first-order valence-electron chi connectivity index (χ1n) is 7.65. The van der Waals surface area contributed by atoms with E-state index in [0.29, 0.717) is 19.6 Å². The zero-order valence-corrected chi connectivity index (χ0v) is 13.4. The summed E-state index contributed by atoms with van der Waals surface area (Å²) in [5.41, 5.74) is -0.970. The lowest BCUT2D eigenvalue weighted by Crippen LogP contribution is -2.54. The molecule has 0 atom stereocenters. The quantitative estimate of drug-likeness (QED) is 0.586. The van der Waals surface area contributed by atoms with Crippen LogP contribution in [0.1, 0.15) is 40.0 Å². The van der Waals surface area contributed by atoms with Crippen molar-refractivity contribution in [3.8, 4) is 0 Å². The van der Waals surface area contributed by atoms with Gasteiger partial charge in [0.05, 0.1) is 0 Å². The maximum atomic E-state index is 12.5. The Hall–Kier alpha value is -1.10. The fraction of sp³-hybridized carbons (Fsp3) is 0.867. The maximum Gasteiger partial charge on any atom is 0.237 e. The zero-order valence-electron chi connectivity index (χ0n) is 13.4. The summed E-state index contributed by atoms with van der Waals surface area (Å²) in [7, 11) is 2.05. The predicted octanol–water partition coefficient (Wildman–Crippen LogP) is 1.09. The third-order valence-corrected chi connectivity index (χ3v) is 3.96. The van der Waals surface area contributed by atoms with Gasteiger partial charge in [0.25, 0.3) is 0 Å². The fourth-order valence-electron chi connectivity index (χ4n) is 2.30. The number of hydrogen-bond donors (Lipinski definition) is 1. The minimum absolute atomic E-state index is 0.0569. The van der Waals surface area contributed by atoms with Gasteiger partial charge >= 0.3 is 0 Å². The molecule has 5 nitrogen and oxygen atoms in total. The number of unbranched alkanes of at least 4 members (excludes halogenated alkanes) is 2. The zero-order chi connectivity index (χ0) is 15.2. The number of hydrogen-bond acceptors (Lipinski definition) is 3. The molecule has 1 saturated heterocycles. The van der Waals surface area contributed by atoms with Gasteiger partial charge in [-0.25, -0.2) is 0 Å². The second-order valence-electron chi connectivity index (χ2n) is 6.18. The highest BCUT2D eigenvalue weighted by Crippen LogP contribution is 2.20. The van der Waals surface area contributed by atoms with Crippen LogP contribution >= 0.6 is 0 Å². The van der Waals surface area contributed by atoms with Gasteiger partial charge in [-0.1, -0.05) is 19.8 Å². The molecule has 1 heterocycles. The van der Waals surface area contributed by atoms with Crippen molar-refractivity contribution in [1.29, 1.82) is 0 Å². The van der Waals surface area contributed by atoms with Crippen LogP contribution in [0.2, 0.25) is 0 Å². The summed E-state index contributed by atoms with van der Waals surface area (Å²) in [4.78, 5) is 28.7. The fourth-order valence-corrected chi connectivity index (χ4v) is 2.30. The number of carbonyl (C=O) groups is 2. The van der Waals surface area contributed by atoms with Gasteiger partial charge in [-0.2, -0.15) is 0 Å². The first kappa shape index (κ1) is 17.0. The summed E-state index contributed by atoms with van der Waals surface area (Å²) in [6.45, 7) is 9.41. The standard InChI is InChI=1S/C15H29N3O2/c1-5-6-7-8-16-13(19)15(2,3)14(20)18-11-9-17(4)10-12-18/h5-12H2,1-4H3,(H,16,19). The van der Waals surface area contributed by atoms with Crippen LogP contribution in [0.5, 0.6) is 0 Å². The second-order valence-corrected chi connectivity index (χ2v) is 6.18. The van der Waals surface area contributed by atoms with E-state index in [1.807, 2.05) is 11.9 Å². The van der Waals surface area contributed by atoms with Gasteiger partial charge in [0, 0.05) is 32.7 Å². The van der Waals surface area contributed by atoms with Crippen LogP contribution in [0, 0.1) is 5.41 Å². The molecule has 0 aromatic heterocycles. The Morgan fingerprint density at radius 2 is 1.70 bits per heavy atom. The van der Waals surface area contributed by atoms with E-state index in [1.165, 1.54) is 0 Å². The van der Waals surface area contributed by atoms with Crippen molar-refractivity contribution in [2.75, 3.05) is 39.8 Å². The van der Waals surface area contributed by atoms with Crippen LogP contribution in [0.3, 0.4) is 0 Å². The van der Waals surface area contributed by atoms with Gasteiger partial charge < -0.3 is 15.1 Å². The lowest BCUT2D eigenvalue weighted by atomic mass is 9.90. The molecule has 0 radical (unpaired) electrons. The van der Waals surface area contributed by atoms with Gasteiger partial charge in [0.15, 0.2) is 0 Å². The van der Waals surface area contributed by atoms with Crippen molar-refractivity contribution in [2.24, 2.45) is 5.41 Å². The average Bonchev–Trinajstić information content (AvgIpc) is 2.43. The number of piperazine rings is 1. The van der Waals surface area contributed by atoms with Crippen LogP contribution in [0.4, 0.5) is 0 Å². The highest BCUT2D eigenvalue weighted by Gasteiger charge is 2.39. The van der Waals surface area contributed by atoms with Gasteiger partial charge in [-0.3, -0.25) is 9.59 Å². The van der Waals surface area contributed by atoms with Gasteiger partial charge in [0.2, 0.25) is 11.8 Å². The Morgan fingerprint density at radius 3 is 2.25 bits per heavy atom. The molecule has 2 amide bonds. The smallest absolute Gasteiger partial charge is 0.237 e. The van der Waals surface area contributed by atoms with Crippen LogP contribution < -0.4 is 5.32 Å². The van der Waals surface area contributed by atoms with Gasteiger partial charge in [-0.15, -0.1) is 0 Å². The Bertz CT molecular complexity index is 334. The molecule has 0 aliphatic carbocycles. The van der Waals surface area contributed by atoms with E-state index in [9.17, 15) is 9.59 Å². The molecule has 1 rings (SSSR count). The Kier molecular flexibility index (Phi) is 6.46. The lowest BCUT2D eigenvalue weighted by Gasteiger charge is -2.36. The molecule has 0 aromatic rings. The van der Waals surface area contributed by atoms with Crippen molar-refractivity contribution in [2.45, 2.75) is 40.0 Å². The molecule has 0 aromatic carbocycles. The summed E-state index contributed by atoms with van der Waals surface area (Å²) in [5, 5.41) is 2.89. The molecule has 1 N–H and O–H groups in total. The number of carbonyl (C=O) groups excluding carboxylic acids is 2. The van der Waals surface area contributed by atoms with Crippen molar-refractivity contribution < 1.29 is 9.59 Å². The molecule has 116 valence electrons. The summed E-state index contributed by atoms with van der Waals surface area (Å²) >= 11 is 0. The topological polar surface area (TPSA) is 52.7 Å². The number of likely N-dealkylation sites (N-methyl/N-ethyl adjacent to an activating group) is 1. The Labute approximate surface area is 122 Å². The minimum Gasteiger partial charge on any atom is -0.355 e. The van der Waals surface area contributed by atoms with Crippen molar-refractivity contribution in [1.82, 2.24) is 15.1 Å². The van der Waals surface area contributed by atoms with E-state index in [4.69, 9.17) is 0 Å². The minimum atomic E-state index is -0.970. The van der Waals surface area contributed by atoms with E-state index in [-0.39, 0.29) is 11.8 Å². The molecule has 0 bridgehead atoms. The van der Waals surface area contributed by atoms with Crippen molar-refractivity contribution >= 4 is 11.8 Å². The van der Waals surface area contributed by atoms with Gasteiger partial charge in [0.1, 0.15) is 5.41 Å². The highest BCUT2D eigenvalue weighted by atomic mass is 16.2. The van der Waals surface area contributed by atoms with Crippen molar-refractivity contribution in [3.05, 3.63) is 0 Å². The molecule has 0 spiro atoms. The van der Waals surface area contributed by atoms with Crippen LogP contribution in [0.25, 0.3) is 0 Å². The van der Waals surface area contributed by atoms with E-state index < -0.39 is 5.41 Å². The molecular weight excluding hydrogens is 254 g/mol. The molecule has 0 unspecified atom stereocenters. The maximum absolute atomic E-state index is 12.5. The molecule has 1 fully saturated rings. The Balaban J connectivity index is 2.49. The summed E-state index contributed by atoms with van der Waals surface area (Å²) in [6.07, 6.45) is 3.20. The van der Waals surface area contributed by atoms with Gasteiger partial charge in [-0.05, 0) is 27.3 Å². The first-order chi connectivity index (χ1) is 9.39. The molecule has 20 heavy (non-hydrogen) atoms. The number of rotatable bonds is 6. The van der Waals surface area contributed by atoms with Crippen LogP contribution in [-0.4, -0.2) is 61.4 Å². The SMILES string of the molecule is CCCCCNC(=O)C(C)(C)C(=O)N1CCN(C)CC1. The summed E-state index contributed by atoms with van der Waals surface area (Å²) < 4.78 is 0. The summed E-state index contributed by atoms with van der Waals surface area (Å²) in [5.74, 6) is -0.212. The number of nitrogens with zero attached hydrogens (tertiary/aromatic N) is 2. The second kappa shape index (κ2) is 7.62. The monoisotopic (exact) mass is 283 g/mol. The van der Waals surface area contributed by atoms with E-state index in [0.717, 1.165) is 32.4 Å². The largest absolute Gasteiger partial charge is 0.355 e. The molecule has 0 saturated carbocycles. The Morgan fingerprint density at radius 1 is 1.10 bits per heavy atom. The lowest BCUT2D eigenvalue weighted by molar-refractivity contribution is -0.149. The van der Waals surface area contributed by atoms with E-state index >= 15 is 0 Å². The first-order valence-corrected chi connectivity index (χ1v) is 7.65. The third kappa shape index (κ3) is 4.47. The number of nitrogens with one attached hydrogen (secondary N) is 1. The van der Waals surface area contributed by atoms with E-state index in [2.05, 4.69) is 17.1 Å². The molecular formula is C15H29N3O2. The normalized spacial score (nSPS) is 17.1. The molecule has 1 aliphatic rings.